The highest BCUT2D eigenvalue weighted by atomic mass is 35.5. The highest BCUT2D eigenvalue weighted by Crippen LogP contribution is 2.36. The van der Waals surface area contributed by atoms with E-state index in [0.717, 1.165) is 0 Å². The van der Waals surface area contributed by atoms with Crippen LogP contribution in [0.15, 0.2) is 76.2 Å². The van der Waals surface area contributed by atoms with Gasteiger partial charge in [0.15, 0.2) is 6.10 Å². The van der Waals surface area contributed by atoms with Crippen molar-refractivity contribution in [1.29, 1.82) is 0 Å². The quantitative estimate of drug-likeness (QED) is 0.668. The summed E-state index contributed by atoms with van der Waals surface area (Å²) in [5.74, 6) is 0.460. The van der Waals surface area contributed by atoms with Gasteiger partial charge in [-0.1, -0.05) is 23.7 Å². The molecule has 150 valence electrons. The van der Waals surface area contributed by atoms with Crippen molar-refractivity contribution in [1.82, 2.24) is 5.32 Å². The second kappa shape index (κ2) is 7.81. The second-order valence-electron chi connectivity index (χ2n) is 6.36. The third-order valence-corrected chi connectivity index (χ3v) is 6.49. The Labute approximate surface area is 172 Å². The van der Waals surface area contributed by atoms with Gasteiger partial charge in [0.25, 0.3) is 15.9 Å². The smallest absolute Gasteiger partial charge is 0.264 e. The fourth-order valence-electron chi connectivity index (χ4n) is 3.00. The Bertz CT molecular complexity index is 1110. The van der Waals surface area contributed by atoms with Gasteiger partial charge in [0.05, 0.1) is 29.9 Å². The van der Waals surface area contributed by atoms with E-state index >= 15 is 0 Å². The van der Waals surface area contributed by atoms with Gasteiger partial charge < -0.3 is 14.5 Å². The van der Waals surface area contributed by atoms with Gasteiger partial charge in [0.2, 0.25) is 0 Å². The zero-order chi connectivity index (χ0) is 20.4. The number of carbonyl (C=O) groups excluding carboxylic acids is 1. The van der Waals surface area contributed by atoms with Crippen molar-refractivity contribution >= 4 is 33.2 Å². The number of para-hydroxylation sites is 2. The Morgan fingerprint density at radius 2 is 1.86 bits per heavy atom. The van der Waals surface area contributed by atoms with Crippen LogP contribution in [0.5, 0.6) is 5.75 Å². The van der Waals surface area contributed by atoms with Crippen LogP contribution in [-0.4, -0.2) is 27.0 Å². The van der Waals surface area contributed by atoms with Crippen molar-refractivity contribution in [3.8, 4) is 5.75 Å². The first-order valence-corrected chi connectivity index (χ1v) is 10.6. The minimum absolute atomic E-state index is 0.0772. The lowest BCUT2D eigenvalue weighted by Gasteiger charge is -2.34. The van der Waals surface area contributed by atoms with E-state index < -0.39 is 22.0 Å². The minimum Gasteiger partial charge on any atom is -0.476 e. The highest BCUT2D eigenvalue weighted by molar-refractivity contribution is 7.92. The van der Waals surface area contributed by atoms with Gasteiger partial charge in [0.1, 0.15) is 11.5 Å². The Morgan fingerprint density at radius 3 is 2.59 bits per heavy atom. The normalized spacial score (nSPS) is 16.0. The molecule has 1 aliphatic rings. The number of benzene rings is 2. The summed E-state index contributed by atoms with van der Waals surface area (Å²) >= 11 is 5.88. The number of halogens is 1. The lowest BCUT2D eigenvalue weighted by atomic mass is 10.2. The maximum Gasteiger partial charge on any atom is 0.264 e. The molecule has 0 spiro atoms. The van der Waals surface area contributed by atoms with E-state index in [2.05, 4.69) is 5.32 Å². The number of furan rings is 1. The summed E-state index contributed by atoms with van der Waals surface area (Å²) in [6, 6.07) is 16.0. The van der Waals surface area contributed by atoms with Crippen LogP contribution in [0.1, 0.15) is 5.76 Å². The highest BCUT2D eigenvalue weighted by Gasteiger charge is 2.37. The van der Waals surface area contributed by atoms with Crippen LogP contribution < -0.4 is 14.4 Å². The van der Waals surface area contributed by atoms with Gasteiger partial charge in [-0.2, -0.15) is 0 Å². The van der Waals surface area contributed by atoms with Crippen molar-refractivity contribution in [2.24, 2.45) is 0 Å². The van der Waals surface area contributed by atoms with Crippen molar-refractivity contribution in [2.75, 3.05) is 10.8 Å². The van der Waals surface area contributed by atoms with E-state index in [1.165, 1.54) is 34.8 Å². The molecule has 29 heavy (non-hydrogen) atoms. The third kappa shape index (κ3) is 3.94. The van der Waals surface area contributed by atoms with Crippen LogP contribution >= 0.6 is 11.6 Å². The van der Waals surface area contributed by atoms with Gasteiger partial charge in [-0.3, -0.25) is 9.10 Å². The van der Waals surface area contributed by atoms with Crippen molar-refractivity contribution < 1.29 is 22.4 Å². The summed E-state index contributed by atoms with van der Waals surface area (Å²) in [6.07, 6.45) is 0.497. The number of nitrogens with zero attached hydrogens (tertiary/aromatic N) is 1. The van der Waals surface area contributed by atoms with Gasteiger partial charge >= 0.3 is 0 Å². The molecule has 1 amide bonds. The predicted octanol–water partition coefficient (Wildman–Crippen LogP) is 3.21. The first kappa shape index (κ1) is 19.4. The Morgan fingerprint density at radius 1 is 1.10 bits per heavy atom. The van der Waals surface area contributed by atoms with Crippen LogP contribution in [0, 0.1) is 0 Å². The minimum atomic E-state index is -3.92. The number of hydrogen-bond donors (Lipinski definition) is 1. The van der Waals surface area contributed by atoms with Gasteiger partial charge in [-0.05, 0) is 48.5 Å². The maximum atomic E-state index is 13.3. The van der Waals surface area contributed by atoms with Crippen LogP contribution in [0.25, 0.3) is 0 Å². The molecule has 0 saturated heterocycles. The van der Waals surface area contributed by atoms with Crippen molar-refractivity contribution in [3.05, 3.63) is 77.7 Å². The molecule has 1 N–H and O–H groups in total. The molecule has 1 unspecified atom stereocenters. The van der Waals surface area contributed by atoms with Crippen LogP contribution in [0.3, 0.4) is 0 Å². The Hall–Kier alpha value is -2.97. The Balaban J connectivity index is 1.62. The number of ether oxygens (including phenoxy) is 1. The summed E-state index contributed by atoms with van der Waals surface area (Å²) in [4.78, 5) is 12.7. The van der Waals surface area contributed by atoms with E-state index in [4.69, 9.17) is 20.8 Å². The van der Waals surface area contributed by atoms with E-state index in [-0.39, 0.29) is 18.0 Å². The standard InChI is InChI=1S/C20H17ClN2O5S/c21-14-7-9-16(10-8-14)29(25,26)23-13-19(28-18-6-2-1-5-17(18)23)20(24)22-12-15-4-3-11-27-15/h1-11,19H,12-13H2,(H,22,24). The molecule has 0 aliphatic carbocycles. The number of sulfonamides is 1. The molecule has 9 heteroatoms. The third-order valence-electron chi connectivity index (χ3n) is 4.45. The SMILES string of the molecule is O=C(NCc1ccco1)C1CN(S(=O)(=O)c2ccc(Cl)cc2)c2ccccc2O1. The van der Waals surface area contributed by atoms with Gasteiger partial charge in [0, 0.05) is 5.02 Å². The monoisotopic (exact) mass is 432 g/mol. The maximum absolute atomic E-state index is 13.3. The zero-order valence-corrected chi connectivity index (χ0v) is 16.7. The summed E-state index contributed by atoms with van der Waals surface area (Å²) in [6.45, 7) is 0.0171. The number of hydrogen-bond acceptors (Lipinski definition) is 5. The zero-order valence-electron chi connectivity index (χ0n) is 15.1. The molecule has 7 nitrogen and oxygen atoms in total. The molecule has 4 rings (SSSR count). The van der Waals surface area contributed by atoms with E-state index in [9.17, 15) is 13.2 Å². The number of anilines is 1. The van der Waals surface area contributed by atoms with Crippen LogP contribution in [0.4, 0.5) is 5.69 Å². The summed E-state index contributed by atoms with van der Waals surface area (Å²) in [7, 11) is -3.92. The Kier molecular flexibility index (Phi) is 5.21. The average Bonchev–Trinajstić information content (AvgIpc) is 3.25. The molecular formula is C20H17ClN2O5S. The first-order chi connectivity index (χ1) is 13.9. The average molecular weight is 433 g/mol. The van der Waals surface area contributed by atoms with Crippen molar-refractivity contribution in [2.45, 2.75) is 17.5 Å². The molecule has 0 radical (unpaired) electrons. The molecule has 2 aromatic carbocycles. The number of fused-ring (bicyclic) bond motifs is 1. The van der Waals surface area contributed by atoms with Crippen LogP contribution in [0.2, 0.25) is 5.02 Å². The van der Waals surface area contributed by atoms with E-state index in [1.54, 1.807) is 36.4 Å². The predicted molar refractivity (Wildman–Crippen MR) is 107 cm³/mol. The summed E-state index contributed by atoms with van der Waals surface area (Å²) in [5.41, 5.74) is 0.373. The number of nitrogens with one attached hydrogen (secondary N) is 1. The van der Waals surface area contributed by atoms with Crippen LogP contribution in [-0.2, 0) is 21.4 Å². The molecule has 2 heterocycles. The van der Waals surface area contributed by atoms with Gasteiger partial charge in [-0.15, -0.1) is 0 Å². The molecule has 1 aromatic heterocycles. The number of carbonyl (C=O) groups is 1. The second-order valence-corrected chi connectivity index (χ2v) is 8.66. The first-order valence-electron chi connectivity index (χ1n) is 8.79. The molecule has 0 fully saturated rings. The van der Waals surface area contributed by atoms with E-state index in [1.807, 2.05) is 0 Å². The topological polar surface area (TPSA) is 88.9 Å². The fraction of sp³-hybridized carbons (Fsp3) is 0.150. The molecular weight excluding hydrogens is 416 g/mol. The number of amides is 1. The van der Waals surface area contributed by atoms with E-state index in [0.29, 0.717) is 22.2 Å². The molecule has 0 saturated carbocycles. The van der Waals surface area contributed by atoms with Gasteiger partial charge in [-0.25, -0.2) is 8.42 Å². The molecule has 1 aliphatic heterocycles. The summed E-state index contributed by atoms with van der Waals surface area (Å²) in [5, 5.41) is 3.14. The lowest BCUT2D eigenvalue weighted by molar-refractivity contribution is -0.128. The fourth-order valence-corrected chi connectivity index (χ4v) is 4.60. The molecule has 1 atom stereocenters. The summed E-state index contributed by atoms with van der Waals surface area (Å²) < 4.78 is 38.7. The largest absolute Gasteiger partial charge is 0.476 e. The van der Waals surface area contributed by atoms with Crippen molar-refractivity contribution in [3.63, 3.8) is 0 Å². The lowest BCUT2D eigenvalue weighted by Crippen LogP contribution is -2.50. The number of rotatable bonds is 5. The molecule has 0 bridgehead atoms. The molecule has 3 aromatic rings.